The maximum absolute atomic E-state index is 13.1. The lowest BCUT2D eigenvalue weighted by atomic mass is 10.1. The Balaban J connectivity index is 1.51. The van der Waals surface area contributed by atoms with E-state index in [0.717, 1.165) is 28.0 Å². The predicted molar refractivity (Wildman–Crippen MR) is 135 cm³/mol. The van der Waals surface area contributed by atoms with Crippen LogP contribution in [0.5, 0.6) is 0 Å². The minimum atomic E-state index is -0.524. The quantitative estimate of drug-likeness (QED) is 0.196. The molecule has 34 heavy (non-hydrogen) atoms. The van der Waals surface area contributed by atoms with Gasteiger partial charge in [-0.3, -0.25) is 14.9 Å². The molecule has 0 aliphatic rings. The molecule has 0 aliphatic heterocycles. The fraction of sp³-hybridized carbons (Fsp3) is 0.0833. The Morgan fingerprint density at radius 3 is 2.71 bits per heavy atom. The zero-order chi connectivity index (χ0) is 24.1. The van der Waals surface area contributed by atoms with Crippen LogP contribution in [-0.2, 0) is 0 Å². The average Bonchev–Trinajstić information content (AvgIpc) is 3.37. The molecule has 1 N–H and O–H groups in total. The number of amides is 1. The minimum Gasteiger partial charge on any atom is -0.436 e. The fourth-order valence-electron chi connectivity index (χ4n) is 3.80. The number of aromatic nitrogens is 1. The number of thiophene rings is 1. The summed E-state index contributed by atoms with van der Waals surface area (Å²) >= 11 is 13.7. The van der Waals surface area contributed by atoms with Crippen LogP contribution in [0.1, 0.15) is 20.8 Å². The standard InChI is InChI=1S/C24H15Cl2N3O4S/c1-11-8-12(2)20-17(9-11)28-24(33-20)13-6-7-15(25)16(10-13)27-23(30)22-19(26)14-4-3-5-18(29(31)32)21(14)34-22/h3-10H,1-2H3,(H,27,30). The Labute approximate surface area is 207 Å². The smallest absolute Gasteiger partial charge is 0.287 e. The third-order valence-corrected chi connectivity index (χ3v) is 7.38. The molecule has 170 valence electrons. The van der Waals surface area contributed by atoms with Crippen LogP contribution in [0.4, 0.5) is 11.4 Å². The van der Waals surface area contributed by atoms with Gasteiger partial charge in [-0.1, -0.05) is 41.4 Å². The fourth-order valence-corrected chi connectivity index (χ4v) is 5.45. The van der Waals surface area contributed by atoms with Gasteiger partial charge in [0.05, 0.1) is 20.7 Å². The second-order valence-corrected chi connectivity index (χ2v) is 9.56. The summed E-state index contributed by atoms with van der Waals surface area (Å²) < 4.78 is 6.30. The van der Waals surface area contributed by atoms with Crippen LogP contribution in [0.15, 0.2) is 52.9 Å². The Hall–Kier alpha value is -3.46. The van der Waals surface area contributed by atoms with E-state index in [9.17, 15) is 14.9 Å². The van der Waals surface area contributed by atoms with E-state index >= 15 is 0 Å². The van der Waals surface area contributed by atoms with Crippen molar-refractivity contribution in [3.63, 3.8) is 0 Å². The van der Waals surface area contributed by atoms with Crippen LogP contribution in [0.2, 0.25) is 10.0 Å². The number of benzene rings is 3. The van der Waals surface area contributed by atoms with Crippen LogP contribution in [-0.4, -0.2) is 15.8 Å². The number of carbonyl (C=O) groups excluding carboxylic acids is 1. The number of oxazole rings is 1. The molecule has 0 atom stereocenters. The maximum atomic E-state index is 13.1. The molecule has 5 rings (SSSR count). The summed E-state index contributed by atoms with van der Waals surface area (Å²) in [6.45, 7) is 3.95. The largest absolute Gasteiger partial charge is 0.436 e. The molecular formula is C24H15Cl2N3O4S. The number of fused-ring (bicyclic) bond motifs is 2. The molecule has 0 bridgehead atoms. The van der Waals surface area contributed by atoms with Gasteiger partial charge in [0.1, 0.15) is 15.1 Å². The summed E-state index contributed by atoms with van der Waals surface area (Å²) in [5, 5.41) is 15.0. The van der Waals surface area contributed by atoms with E-state index in [1.165, 1.54) is 12.1 Å². The lowest BCUT2D eigenvalue weighted by Gasteiger charge is -2.08. The Morgan fingerprint density at radius 1 is 1.15 bits per heavy atom. The number of nitrogens with one attached hydrogen (secondary N) is 1. The van der Waals surface area contributed by atoms with Crippen LogP contribution < -0.4 is 5.32 Å². The highest BCUT2D eigenvalue weighted by Gasteiger charge is 2.23. The molecule has 3 aromatic carbocycles. The number of hydrogen-bond acceptors (Lipinski definition) is 6. The SMILES string of the molecule is Cc1cc(C)c2oc(-c3ccc(Cl)c(NC(=O)c4sc5c([N+](=O)[O-])cccc5c4Cl)c3)nc2c1. The zero-order valence-corrected chi connectivity index (χ0v) is 20.1. The van der Waals surface area contributed by atoms with E-state index < -0.39 is 10.8 Å². The number of halogens is 2. The first kappa shape index (κ1) is 22.3. The van der Waals surface area contributed by atoms with Gasteiger partial charge in [-0.15, -0.1) is 11.3 Å². The lowest BCUT2D eigenvalue weighted by Crippen LogP contribution is -2.11. The molecule has 7 nitrogen and oxygen atoms in total. The van der Waals surface area contributed by atoms with Crippen LogP contribution in [0, 0.1) is 24.0 Å². The molecule has 10 heteroatoms. The van der Waals surface area contributed by atoms with Gasteiger partial charge in [-0.2, -0.15) is 0 Å². The van der Waals surface area contributed by atoms with Gasteiger partial charge in [-0.25, -0.2) is 4.98 Å². The highest BCUT2D eigenvalue weighted by Crippen LogP contribution is 2.41. The third kappa shape index (κ3) is 3.79. The Bertz CT molecular complexity index is 1640. The molecule has 0 spiro atoms. The normalized spacial score (nSPS) is 11.3. The molecule has 0 fully saturated rings. The Kier molecular flexibility index (Phi) is 5.51. The van der Waals surface area contributed by atoms with Gasteiger partial charge in [0.25, 0.3) is 11.6 Å². The number of nitrogens with zero attached hydrogens (tertiary/aromatic N) is 2. The number of anilines is 1. The van der Waals surface area contributed by atoms with E-state index in [0.29, 0.717) is 37.8 Å². The van der Waals surface area contributed by atoms with Crippen molar-refractivity contribution >= 4 is 73.0 Å². The molecule has 0 aliphatic carbocycles. The predicted octanol–water partition coefficient (Wildman–Crippen LogP) is 7.79. The number of nitro benzene ring substituents is 1. The van der Waals surface area contributed by atoms with Crippen LogP contribution in [0.3, 0.4) is 0 Å². The molecule has 0 saturated carbocycles. The van der Waals surface area contributed by atoms with Crippen molar-refractivity contribution in [2.45, 2.75) is 13.8 Å². The van der Waals surface area contributed by atoms with Gasteiger partial charge >= 0.3 is 0 Å². The maximum Gasteiger partial charge on any atom is 0.287 e. The van der Waals surface area contributed by atoms with Crippen molar-refractivity contribution in [3.05, 3.63) is 84.7 Å². The second-order valence-electron chi connectivity index (χ2n) is 7.75. The number of non-ortho nitro benzene ring substituents is 1. The third-order valence-electron chi connectivity index (χ3n) is 5.32. The number of aryl methyl sites for hydroxylation is 2. The topological polar surface area (TPSA) is 98.3 Å². The summed E-state index contributed by atoms with van der Waals surface area (Å²) in [6.07, 6.45) is 0. The van der Waals surface area contributed by atoms with Crippen molar-refractivity contribution in [1.82, 2.24) is 4.98 Å². The van der Waals surface area contributed by atoms with Crippen LogP contribution >= 0.6 is 34.5 Å². The average molecular weight is 512 g/mol. The van der Waals surface area contributed by atoms with E-state index in [4.69, 9.17) is 27.6 Å². The number of rotatable bonds is 4. The first-order valence-electron chi connectivity index (χ1n) is 10.1. The van der Waals surface area contributed by atoms with Crippen LogP contribution in [0.25, 0.3) is 32.6 Å². The highest BCUT2D eigenvalue weighted by atomic mass is 35.5. The molecule has 2 heterocycles. The molecule has 2 aromatic heterocycles. The van der Waals surface area contributed by atoms with E-state index in [2.05, 4.69) is 10.3 Å². The van der Waals surface area contributed by atoms with Gasteiger partial charge < -0.3 is 9.73 Å². The van der Waals surface area contributed by atoms with Gasteiger partial charge in [0.15, 0.2) is 5.58 Å². The molecule has 0 radical (unpaired) electrons. The monoisotopic (exact) mass is 511 g/mol. The minimum absolute atomic E-state index is 0.107. The van der Waals surface area contributed by atoms with Crippen molar-refractivity contribution in [1.29, 1.82) is 0 Å². The number of carbonyl (C=O) groups is 1. The second kappa shape index (κ2) is 8.39. The molecule has 1 amide bonds. The van der Waals surface area contributed by atoms with E-state index in [1.54, 1.807) is 24.3 Å². The molecule has 0 saturated heterocycles. The summed E-state index contributed by atoms with van der Waals surface area (Å²) in [6, 6.07) is 13.6. The van der Waals surface area contributed by atoms with E-state index in [1.807, 2.05) is 26.0 Å². The first-order chi connectivity index (χ1) is 16.2. The summed E-state index contributed by atoms with van der Waals surface area (Å²) in [4.78, 5) is 28.6. The molecule has 0 unspecified atom stereocenters. The van der Waals surface area contributed by atoms with Crippen molar-refractivity contribution < 1.29 is 14.1 Å². The van der Waals surface area contributed by atoms with Crippen molar-refractivity contribution in [2.24, 2.45) is 0 Å². The van der Waals surface area contributed by atoms with E-state index in [-0.39, 0.29) is 15.6 Å². The first-order valence-corrected chi connectivity index (χ1v) is 11.6. The van der Waals surface area contributed by atoms with Gasteiger partial charge in [0.2, 0.25) is 5.89 Å². The van der Waals surface area contributed by atoms with Gasteiger partial charge in [-0.05, 0) is 49.2 Å². The van der Waals surface area contributed by atoms with Crippen molar-refractivity contribution in [3.8, 4) is 11.5 Å². The molecular weight excluding hydrogens is 497 g/mol. The number of hydrogen-bond donors (Lipinski definition) is 1. The lowest BCUT2D eigenvalue weighted by molar-refractivity contribution is -0.382. The highest BCUT2D eigenvalue weighted by molar-refractivity contribution is 7.22. The summed E-state index contributed by atoms with van der Waals surface area (Å²) in [5.41, 5.74) is 4.35. The summed E-state index contributed by atoms with van der Waals surface area (Å²) in [7, 11) is 0. The molecule has 5 aromatic rings. The van der Waals surface area contributed by atoms with Crippen molar-refractivity contribution in [2.75, 3.05) is 5.32 Å². The zero-order valence-electron chi connectivity index (χ0n) is 17.8. The summed E-state index contributed by atoms with van der Waals surface area (Å²) in [5.74, 6) is -0.130. The Morgan fingerprint density at radius 2 is 1.94 bits per heavy atom. The van der Waals surface area contributed by atoms with Gasteiger partial charge in [0, 0.05) is 17.0 Å². The number of nitro groups is 1.